The van der Waals surface area contributed by atoms with Gasteiger partial charge < -0.3 is 14.4 Å². The van der Waals surface area contributed by atoms with E-state index in [1.807, 2.05) is 21.0 Å². The third kappa shape index (κ3) is 2.25. The maximum Gasteiger partial charge on any atom is 0.155 e. The molecular weight excluding hydrogens is 130 g/mol. The van der Waals surface area contributed by atoms with Gasteiger partial charge in [-0.2, -0.15) is 0 Å². The molecule has 10 heavy (non-hydrogen) atoms. The van der Waals surface area contributed by atoms with E-state index in [1.54, 1.807) is 0 Å². The van der Waals surface area contributed by atoms with Crippen molar-refractivity contribution in [1.82, 2.24) is 4.90 Å². The van der Waals surface area contributed by atoms with E-state index in [4.69, 9.17) is 9.47 Å². The van der Waals surface area contributed by atoms with Crippen molar-refractivity contribution >= 4 is 0 Å². The monoisotopic (exact) mass is 145 g/mol. The molecule has 0 aromatic carbocycles. The molecule has 0 bridgehead atoms. The maximum absolute atomic E-state index is 5.41. The largest absolute Gasteiger partial charge is 0.350 e. The highest BCUT2D eigenvalue weighted by Gasteiger charge is 2.22. The Hall–Kier alpha value is -0.120. The van der Waals surface area contributed by atoms with E-state index in [0.29, 0.717) is 0 Å². The lowest BCUT2D eigenvalue weighted by molar-refractivity contribution is -0.0450. The van der Waals surface area contributed by atoms with E-state index < -0.39 is 0 Å². The average molecular weight is 145 g/mol. The van der Waals surface area contributed by atoms with Gasteiger partial charge >= 0.3 is 0 Å². The summed E-state index contributed by atoms with van der Waals surface area (Å²) in [4.78, 5) is 2.10. The summed E-state index contributed by atoms with van der Waals surface area (Å²) in [6, 6.07) is 0. The van der Waals surface area contributed by atoms with Gasteiger partial charge in [0.25, 0.3) is 0 Å². The van der Waals surface area contributed by atoms with E-state index >= 15 is 0 Å². The first-order chi connectivity index (χ1) is 4.68. The summed E-state index contributed by atoms with van der Waals surface area (Å²) in [5, 5.41) is 0. The van der Waals surface area contributed by atoms with Crippen molar-refractivity contribution in [2.45, 2.75) is 19.3 Å². The molecule has 1 aliphatic rings. The van der Waals surface area contributed by atoms with Crippen molar-refractivity contribution in [2.24, 2.45) is 0 Å². The molecule has 3 heteroatoms. The third-order valence-corrected chi connectivity index (χ3v) is 1.47. The highest BCUT2D eigenvalue weighted by atomic mass is 16.7. The zero-order chi connectivity index (χ0) is 7.56. The molecule has 0 spiro atoms. The Morgan fingerprint density at radius 2 is 2.20 bits per heavy atom. The van der Waals surface area contributed by atoms with Crippen molar-refractivity contribution in [2.75, 3.05) is 27.2 Å². The SMILES string of the molecule is CC1OCC(CN(C)C)O1. The summed E-state index contributed by atoms with van der Waals surface area (Å²) < 4.78 is 10.6. The van der Waals surface area contributed by atoms with Crippen LogP contribution in [0.1, 0.15) is 6.92 Å². The number of rotatable bonds is 2. The molecule has 3 nitrogen and oxygen atoms in total. The van der Waals surface area contributed by atoms with E-state index in [9.17, 15) is 0 Å². The molecule has 0 aromatic heterocycles. The Morgan fingerprint density at radius 1 is 1.50 bits per heavy atom. The van der Waals surface area contributed by atoms with Crippen LogP contribution in [0.25, 0.3) is 0 Å². The van der Waals surface area contributed by atoms with Crippen LogP contribution in [0.15, 0.2) is 0 Å². The Balaban J connectivity index is 2.18. The Kier molecular flexibility index (Phi) is 2.65. The molecule has 1 heterocycles. The second-order valence-corrected chi connectivity index (χ2v) is 2.92. The van der Waals surface area contributed by atoms with Crippen molar-refractivity contribution < 1.29 is 9.47 Å². The standard InChI is InChI=1S/C7H15NO2/c1-6-9-5-7(10-6)4-8(2)3/h6-7H,4-5H2,1-3H3. The van der Waals surface area contributed by atoms with E-state index in [2.05, 4.69) is 4.90 Å². The first kappa shape index (κ1) is 7.98. The molecular formula is C7H15NO2. The highest BCUT2D eigenvalue weighted by Crippen LogP contribution is 2.10. The van der Waals surface area contributed by atoms with Crippen molar-refractivity contribution in [3.05, 3.63) is 0 Å². The van der Waals surface area contributed by atoms with E-state index in [-0.39, 0.29) is 12.4 Å². The summed E-state index contributed by atoms with van der Waals surface area (Å²) in [5.74, 6) is 0. The molecule has 2 atom stereocenters. The van der Waals surface area contributed by atoms with Crippen LogP contribution in [0.4, 0.5) is 0 Å². The van der Waals surface area contributed by atoms with Crippen LogP contribution in [0.3, 0.4) is 0 Å². The second-order valence-electron chi connectivity index (χ2n) is 2.92. The Labute approximate surface area is 61.9 Å². The van der Waals surface area contributed by atoms with Gasteiger partial charge in [0.15, 0.2) is 6.29 Å². The molecule has 0 radical (unpaired) electrons. The number of ether oxygens (including phenoxy) is 2. The van der Waals surface area contributed by atoms with Gasteiger partial charge in [-0.3, -0.25) is 0 Å². The lowest BCUT2D eigenvalue weighted by atomic mass is 10.4. The Morgan fingerprint density at radius 3 is 2.60 bits per heavy atom. The van der Waals surface area contributed by atoms with Crippen LogP contribution < -0.4 is 0 Å². The zero-order valence-electron chi connectivity index (χ0n) is 6.83. The van der Waals surface area contributed by atoms with Gasteiger partial charge in [0.1, 0.15) is 0 Å². The predicted molar refractivity (Wildman–Crippen MR) is 38.8 cm³/mol. The average Bonchev–Trinajstić information content (AvgIpc) is 2.13. The minimum Gasteiger partial charge on any atom is -0.350 e. The molecule has 0 amide bonds. The van der Waals surface area contributed by atoms with Crippen LogP contribution in [0.5, 0.6) is 0 Å². The predicted octanol–water partition coefficient (Wildman–Crippen LogP) is 0.309. The molecule has 1 saturated heterocycles. The van der Waals surface area contributed by atoms with Gasteiger partial charge in [-0.1, -0.05) is 0 Å². The van der Waals surface area contributed by atoms with Gasteiger partial charge in [0, 0.05) is 6.54 Å². The topological polar surface area (TPSA) is 21.7 Å². The third-order valence-electron chi connectivity index (χ3n) is 1.47. The summed E-state index contributed by atoms with van der Waals surface area (Å²) in [7, 11) is 4.07. The van der Waals surface area contributed by atoms with Crippen LogP contribution in [-0.4, -0.2) is 44.5 Å². The number of nitrogens with zero attached hydrogens (tertiary/aromatic N) is 1. The van der Waals surface area contributed by atoms with Crippen LogP contribution in [-0.2, 0) is 9.47 Å². The smallest absolute Gasteiger partial charge is 0.155 e. The summed E-state index contributed by atoms with van der Waals surface area (Å²) in [6.07, 6.45) is 0.259. The van der Waals surface area contributed by atoms with Gasteiger partial charge in [0.05, 0.1) is 12.7 Å². The molecule has 0 saturated carbocycles. The second kappa shape index (κ2) is 3.32. The molecule has 1 aliphatic heterocycles. The molecule has 2 unspecified atom stereocenters. The fraction of sp³-hybridized carbons (Fsp3) is 1.00. The zero-order valence-corrected chi connectivity index (χ0v) is 6.83. The molecule has 0 N–H and O–H groups in total. The molecule has 1 fully saturated rings. The summed E-state index contributed by atoms with van der Waals surface area (Å²) in [5.41, 5.74) is 0. The number of hydrogen-bond donors (Lipinski definition) is 0. The lowest BCUT2D eigenvalue weighted by Crippen LogP contribution is -2.27. The van der Waals surface area contributed by atoms with Crippen molar-refractivity contribution in [3.8, 4) is 0 Å². The first-order valence-electron chi connectivity index (χ1n) is 3.60. The van der Waals surface area contributed by atoms with Crippen molar-refractivity contribution in [1.29, 1.82) is 0 Å². The summed E-state index contributed by atoms with van der Waals surface area (Å²) >= 11 is 0. The normalized spacial score (nSPS) is 33.6. The fourth-order valence-electron chi connectivity index (χ4n) is 1.10. The lowest BCUT2D eigenvalue weighted by Gasteiger charge is -2.13. The van der Waals surface area contributed by atoms with Crippen LogP contribution in [0, 0.1) is 0 Å². The van der Waals surface area contributed by atoms with E-state index in [0.717, 1.165) is 13.2 Å². The van der Waals surface area contributed by atoms with Gasteiger partial charge in [-0.25, -0.2) is 0 Å². The Bertz CT molecular complexity index is 106. The first-order valence-corrected chi connectivity index (χ1v) is 3.60. The number of likely N-dealkylation sites (N-methyl/N-ethyl adjacent to an activating group) is 1. The minimum atomic E-state index is -0.00931. The summed E-state index contributed by atoms with van der Waals surface area (Å²) in [6.45, 7) is 3.61. The minimum absolute atomic E-state index is 0.00931. The maximum atomic E-state index is 5.41. The highest BCUT2D eigenvalue weighted by molar-refractivity contribution is 4.65. The van der Waals surface area contributed by atoms with Gasteiger partial charge in [0.2, 0.25) is 0 Å². The molecule has 1 rings (SSSR count). The molecule has 0 aliphatic carbocycles. The fourth-order valence-corrected chi connectivity index (χ4v) is 1.10. The van der Waals surface area contributed by atoms with Gasteiger partial charge in [-0.15, -0.1) is 0 Å². The number of hydrogen-bond acceptors (Lipinski definition) is 3. The molecule has 60 valence electrons. The van der Waals surface area contributed by atoms with Crippen LogP contribution >= 0.6 is 0 Å². The molecule has 0 aromatic rings. The van der Waals surface area contributed by atoms with E-state index in [1.165, 1.54) is 0 Å². The van der Waals surface area contributed by atoms with Crippen LogP contribution in [0.2, 0.25) is 0 Å². The van der Waals surface area contributed by atoms with Crippen molar-refractivity contribution in [3.63, 3.8) is 0 Å². The quantitative estimate of drug-likeness (QED) is 0.558. The van der Waals surface area contributed by atoms with Gasteiger partial charge in [-0.05, 0) is 21.0 Å².